The SMILES string of the molecule is c1ccc2c(c1)nnn2CN1CCN(Cn2nnc3ccccc32)CC1.c1ccc2c(c1)nnn2CN1CCN(Cn2nnc3ccccc32)CC1. The molecule has 52 heavy (non-hydrogen) atoms. The van der Waals surface area contributed by atoms with Crippen molar-refractivity contribution < 1.29 is 0 Å². The quantitative estimate of drug-likeness (QED) is 0.231. The number of nitrogens with zero attached hydrogens (tertiary/aromatic N) is 16. The van der Waals surface area contributed by atoms with E-state index in [0.29, 0.717) is 0 Å². The van der Waals surface area contributed by atoms with E-state index in [1.807, 2.05) is 91.5 Å². The van der Waals surface area contributed by atoms with Gasteiger partial charge in [0.25, 0.3) is 0 Å². The predicted molar refractivity (Wildman–Crippen MR) is 196 cm³/mol. The summed E-state index contributed by atoms with van der Waals surface area (Å²) in [6.07, 6.45) is 0. The highest BCUT2D eigenvalue weighted by Gasteiger charge is 2.21. The van der Waals surface area contributed by atoms with E-state index < -0.39 is 0 Å². The molecule has 0 aliphatic carbocycles. The van der Waals surface area contributed by atoms with Gasteiger partial charge in [-0.25, -0.2) is 18.7 Å². The maximum absolute atomic E-state index is 4.29. The third-order valence-corrected chi connectivity index (χ3v) is 9.95. The largest absolute Gasteiger partial charge is 0.282 e. The van der Waals surface area contributed by atoms with Gasteiger partial charge in [-0.15, -0.1) is 20.4 Å². The lowest BCUT2D eigenvalue weighted by molar-refractivity contribution is 0.0818. The second-order valence-corrected chi connectivity index (χ2v) is 13.3. The molecule has 4 aromatic heterocycles. The lowest BCUT2D eigenvalue weighted by Crippen LogP contribution is -2.47. The van der Waals surface area contributed by atoms with Crippen molar-refractivity contribution in [2.24, 2.45) is 0 Å². The first-order valence-electron chi connectivity index (χ1n) is 17.8. The third kappa shape index (κ3) is 6.83. The van der Waals surface area contributed by atoms with Crippen LogP contribution in [0.5, 0.6) is 0 Å². The molecule has 0 N–H and O–H groups in total. The molecule has 0 saturated carbocycles. The molecule has 264 valence electrons. The third-order valence-electron chi connectivity index (χ3n) is 9.95. The highest BCUT2D eigenvalue weighted by molar-refractivity contribution is 5.75. The molecule has 0 spiro atoms. The van der Waals surface area contributed by atoms with Gasteiger partial charge in [-0.1, -0.05) is 69.4 Å². The molecule has 2 saturated heterocycles. The van der Waals surface area contributed by atoms with Crippen LogP contribution in [0.25, 0.3) is 44.1 Å². The van der Waals surface area contributed by atoms with Crippen LogP contribution < -0.4 is 0 Å². The Bertz CT molecular complexity index is 2060. The van der Waals surface area contributed by atoms with Gasteiger partial charge in [0.2, 0.25) is 0 Å². The lowest BCUT2D eigenvalue weighted by atomic mass is 10.3. The Labute approximate surface area is 299 Å². The average molecular weight is 697 g/mol. The molecule has 2 aliphatic rings. The molecule has 16 nitrogen and oxygen atoms in total. The topological polar surface area (TPSA) is 136 Å². The van der Waals surface area contributed by atoms with Crippen LogP contribution >= 0.6 is 0 Å². The number of aromatic nitrogens is 12. The van der Waals surface area contributed by atoms with Crippen LogP contribution in [-0.2, 0) is 26.7 Å². The molecule has 0 bridgehead atoms. The molecule has 6 heterocycles. The molecule has 2 fully saturated rings. The van der Waals surface area contributed by atoms with Crippen molar-refractivity contribution in [1.82, 2.24) is 79.6 Å². The minimum absolute atomic E-state index is 0.778. The van der Waals surface area contributed by atoms with E-state index in [2.05, 4.69) is 85.1 Å². The summed E-state index contributed by atoms with van der Waals surface area (Å²) in [5, 5.41) is 34.1. The average Bonchev–Trinajstić information content (AvgIpc) is 4.00. The van der Waals surface area contributed by atoms with Crippen molar-refractivity contribution in [2.75, 3.05) is 52.4 Å². The van der Waals surface area contributed by atoms with Gasteiger partial charge >= 0.3 is 0 Å². The monoisotopic (exact) mass is 696 g/mol. The minimum atomic E-state index is 0.778. The summed E-state index contributed by atoms with van der Waals surface area (Å²) in [5.41, 5.74) is 8.14. The Morgan fingerprint density at radius 3 is 0.750 bits per heavy atom. The molecule has 10 rings (SSSR count). The Kier molecular flexibility index (Phi) is 9.00. The molecule has 0 amide bonds. The summed E-state index contributed by atoms with van der Waals surface area (Å²) in [6, 6.07) is 32.4. The summed E-state index contributed by atoms with van der Waals surface area (Å²) >= 11 is 0. The normalized spacial score (nSPS) is 16.6. The Hall–Kier alpha value is -5.68. The molecule has 0 atom stereocenters. The van der Waals surface area contributed by atoms with Gasteiger partial charge in [0.1, 0.15) is 22.1 Å². The van der Waals surface area contributed by atoms with Gasteiger partial charge in [-0.05, 0) is 48.5 Å². The van der Waals surface area contributed by atoms with E-state index in [9.17, 15) is 0 Å². The number of hydrogen-bond donors (Lipinski definition) is 0. The number of piperazine rings is 2. The summed E-state index contributed by atoms with van der Waals surface area (Å²) < 4.78 is 7.93. The first-order chi connectivity index (χ1) is 25.7. The fraction of sp³-hybridized carbons (Fsp3) is 0.333. The molecule has 4 aromatic carbocycles. The molecule has 0 unspecified atom stereocenters. The number of para-hydroxylation sites is 4. The van der Waals surface area contributed by atoms with Gasteiger partial charge in [0.15, 0.2) is 0 Å². The summed E-state index contributed by atoms with van der Waals surface area (Å²) in [5.74, 6) is 0. The van der Waals surface area contributed by atoms with E-state index in [4.69, 9.17) is 0 Å². The summed E-state index contributed by atoms with van der Waals surface area (Å²) in [7, 11) is 0. The van der Waals surface area contributed by atoms with Crippen LogP contribution in [0.4, 0.5) is 0 Å². The number of hydrogen-bond acceptors (Lipinski definition) is 12. The fourth-order valence-electron chi connectivity index (χ4n) is 6.99. The van der Waals surface area contributed by atoms with E-state index in [1.165, 1.54) is 0 Å². The lowest BCUT2D eigenvalue weighted by Gasteiger charge is -2.34. The molecule has 0 radical (unpaired) electrons. The van der Waals surface area contributed by atoms with Gasteiger partial charge in [0.05, 0.1) is 48.7 Å². The van der Waals surface area contributed by atoms with Crippen LogP contribution in [0.2, 0.25) is 0 Å². The van der Waals surface area contributed by atoms with Gasteiger partial charge < -0.3 is 0 Å². The Balaban J connectivity index is 0.000000138. The predicted octanol–water partition coefficient (Wildman–Crippen LogP) is 2.82. The summed E-state index contributed by atoms with van der Waals surface area (Å²) in [6.45, 7) is 11.1. The first-order valence-corrected chi connectivity index (χ1v) is 17.8. The first kappa shape index (κ1) is 32.2. The standard InChI is InChI=1S/2C18H20N8/c2*1-3-7-17-15(5-1)19-21-25(17)13-23-9-11-24(12-10-23)14-26-18-8-4-2-6-16(18)20-22-26/h2*1-8H,9-14H2. The van der Waals surface area contributed by atoms with Crippen molar-refractivity contribution in [3.63, 3.8) is 0 Å². The van der Waals surface area contributed by atoms with Crippen molar-refractivity contribution >= 4 is 44.1 Å². The van der Waals surface area contributed by atoms with Crippen LogP contribution in [0.15, 0.2) is 97.1 Å². The maximum Gasteiger partial charge on any atom is 0.113 e. The van der Waals surface area contributed by atoms with Crippen molar-refractivity contribution in [3.05, 3.63) is 97.1 Å². The smallest absolute Gasteiger partial charge is 0.113 e. The van der Waals surface area contributed by atoms with E-state index in [-0.39, 0.29) is 0 Å². The van der Waals surface area contributed by atoms with Crippen LogP contribution in [-0.4, -0.2) is 132 Å². The number of benzene rings is 4. The van der Waals surface area contributed by atoms with Crippen LogP contribution in [0, 0.1) is 0 Å². The van der Waals surface area contributed by atoms with E-state index in [0.717, 1.165) is 123 Å². The van der Waals surface area contributed by atoms with Crippen LogP contribution in [0.1, 0.15) is 0 Å². The molecule has 2 aliphatic heterocycles. The zero-order valence-corrected chi connectivity index (χ0v) is 28.9. The maximum atomic E-state index is 4.29. The summed E-state index contributed by atoms with van der Waals surface area (Å²) in [4.78, 5) is 9.66. The van der Waals surface area contributed by atoms with E-state index >= 15 is 0 Å². The van der Waals surface area contributed by atoms with Gasteiger partial charge in [-0.2, -0.15) is 0 Å². The highest BCUT2D eigenvalue weighted by atomic mass is 15.5. The molecular weight excluding hydrogens is 657 g/mol. The van der Waals surface area contributed by atoms with Crippen molar-refractivity contribution in [2.45, 2.75) is 26.7 Å². The molecule has 8 aromatic rings. The van der Waals surface area contributed by atoms with Gasteiger partial charge in [0, 0.05) is 52.4 Å². The van der Waals surface area contributed by atoms with Crippen molar-refractivity contribution in [3.8, 4) is 0 Å². The van der Waals surface area contributed by atoms with Crippen molar-refractivity contribution in [1.29, 1.82) is 0 Å². The fourth-order valence-corrected chi connectivity index (χ4v) is 6.99. The zero-order valence-electron chi connectivity index (χ0n) is 28.9. The highest BCUT2D eigenvalue weighted by Crippen LogP contribution is 2.16. The Morgan fingerprint density at radius 2 is 0.519 bits per heavy atom. The van der Waals surface area contributed by atoms with Gasteiger partial charge in [-0.3, -0.25) is 19.6 Å². The number of fused-ring (bicyclic) bond motifs is 4. The second kappa shape index (κ2) is 14.5. The number of rotatable bonds is 8. The Morgan fingerprint density at radius 1 is 0.308 bits per heavy atom. The second-order valence-electron chi connectivity index (χ2n) is 13.3. The van der Waals surface area contributed by atoms with E-state index in [1.54, 1.807) is 0 Å². The molecule has 16 heteroatoms. The minimum Gasteiger partial charge on any atom is -0.282 e. The zero-order chi connectivity index (χ0) is 34.7. The van der Waals surface area contributed by atoms with Crippen LogP contribution in [0.3, 0.4) is 0 Å². The molecular formula is C36H40N16.